The van der Waals surface area contributed by atoms with Crippen molar-refractivity contribution < 1.29 is 27.4 Å². The van der Waals surface area contributed by atoms with Crippen LogP contribution in [0.2, 0.25) is 0 Å². The predicted molar refractivity (Wildman–Crippen MR) is 91.2 cm³/mol. The first-order valence-electron chi connectivity index (χ1n) is 7.89. The lowest BCUT2D eigenvalue weighted by Gasteiger charge is -2.18. The molecule has 2 aromatic carbocycles. The standard InChI is InChI=1S/C19H16F3NO3/c1-12(13-2-4-14(5-3-13)19(20,21)22)10-18(24)23-15-6-7-16-17(11-15)26-9-8-25-16/h2-7,10-11H,8-9H2,1H3,(H,23,24). The highest BCUT2D eigenvalue weighted by molar-refractivity contribution is 6.03. The highest BCUT2D eigenvalue weighted by atomic mass is 19.4. The molecule has 1 heterocycles. The molecule has 0 bridgehead atoms. The van der Waals surface area contributed by atoms with E-state index in [4.69, 9.17) is 9.47 Å². The van der Waals surface area contributed by atoms with Gasteiger partial charge < -0.3 is 14.8 Å². The maximum absolute atomic E-state index is 12.6. The molecule has 0 unspecified atom stereocenters. The lowest BCUT2D eigenvalue weighted by atomic mass is 10.0. The number of benzene rings is 2. The largest absolute Gasteiger partial charge is 0.486 e. The molecular formula is C19H16F3NO3. The number of ether oxygens (including phenoxy) is 2. The van der Waals surface area contributed by atoms with Crippen LogP contribution in [0.25, 0.3) is 5.57 Å². The van der Waals surface area contributed by atoms with Gasteiger partial charge in [-0.25, -0.2) is 0 Å². The number of halogens is 3. The quantitative estimate of drug-likeness (QED) is 0.816. The van der Waals surface area contributed by atoms with Crippen molar-refractivity contribution >= 4 is 17.2 Å². The second kappa shape index (κ2) is 7.11. The third-order valence-electron chi connectivity index (χ3n) is 3.82. The van der Waals surface area contributed by atoms with Crippen LogP contribution < -0.4 is 14.8 Å². The van der Waals surface area contributed by atoms with E-state index in [1.807, 2.05) is 0 Å². The van der Waals surface area contributed by atoms with E-state index in [9.17, 15) is 18.0 Å². The summed E-state index contributed by atoms with van der Waals surface area (Å²) in [6.45, 7) is 2.58. The van der Waals surface area contributed by atoms with Crippen LogP contribution in [0.4, 0.5) is 18.9 Å². The average Bonchev–Trinajstić information content (AvgIpc) is 2.61. The molecule has 0 fully saturated rings. The van der Waals surface area contributed by atoms with E-state index in [1.54, 1.807) is 25.1 Å². The maximum Gasteiger partial charge on any atom is 0.416 e. The van der Waals surface area contributed by atoms with Crippen molar-refractivity contribution in [2.24, 2.45) is 0 Å². The number of anilines is 1. The Hall–Kier alpha value is -2.96. The Bertz CT molecular complexity index is 842. The monoisotopic (exact) mass is 363 g/mol. The molecule has 2 aromatic rings. The molecule has 3 rings (SSSR count). The first kappa shape index (κ1) is 17.8. The minimum Gasteiger partial charge on any atom is -0.486 e. The second-order valence-corrected chi connectivity index (χ2v) is 5.75. The number of rotatable bonds is 3. The summed E-state index contributed by atoms with van der Waals surface area (Å²) in [4.78, 5) is 12.2. The number of hydrogen-bond donors (Lipinski definition) is 1. The Morgan fingerprint density at radius 1 is 1.04 bits per heavy atom. The minimum absolute atomic E-state index is 0.390. The number of nitrogens with one attached hydrogen (secondary N) is 1. The van der Waals surface area contributed by atoms with E-state index in [1.165, 1.54) is 18.2 Å². The highest BCUT2D eigenvalue weighted by Crippen LogP contribution is 2.33. The smallest absolute Gasteiger partial charge is 0.416 e. The van der Waals surface area contributed by atoms with Gasteiger partial charge in [-0.15, -0.1) is 0 Å². The molecule has 26 heavy (non-hydrogen) atoms. The molecule has 0 radical (unpaired) electrons. The summed E-state index contributed by atoms with van der Waals surface area (Å²) in [5, 5.41) is 2.70. The molecule has 1 aliphatic heterocycles. The Morgan fingerprint density at radius 2 is 1.69 bits per heavy atom. The van der Waals surface area contributed by atoms with Crippen molar-refractivity contribution in [3.63, 3.8) is 0 Å². The van der Waals surface area contributed by atoms with Crippen molar-refractivity contribution in [2.45, 2.75) is 13.1 Å². The molecule has 0 atom stereocenters. The molecule has 0 saturated carbocycles. The van der Waals surface area contributed by atoms with Crippen LogP contribution in [0, 0.1) is 0 Å². The number of carbonyl (C=O) groups is 1. The van der Waals surface area contributed by atoms with Crippen LogP contribution in [0.1, 0.15) is 18.1 Å². The summed E-state index contributed by atoms with van der Waals surface area (Å²) in [5.41, 5.74) is 0.898. The number of carbonyl (C=O) groups excluding carboxylic acids is 1. The minimum atomic E-state index is -4.38. The van der Waals surface area contributed by atoms with E-state index in [2.05, 4.69) is 5.32 Å². The van der Waals surface area contributed by atoms with Gasteiger partial charge in [0, 0.05) is 17.8 Å². The molecule has 136 valence electrons. The zero-order chi connectivity index (χ0) is 18.7. The van der Waals surface area contributed by atoms with E-state index < -0.39 is 11.7 Å². The van der Waals surface area contributed by atoms with Crippen molar-refractivity contribution in [2.75, 3.05) is 18.5 Å². The summed E-state index contributed by atoms with van der Waals surface area (Å²) < 4.78 is 48.6. The van der Waals surface area contributed by atoms with Crippen LogP contribution >= 0.6 is 0 Å². The van der Waals surface area contributed by atoms with Gasteiger partial charge in [-0.2, -0.15) is 13.2 Å². The first-order valence-corrected chi connectivity index (χ1v) is 7.89. The number of amides is 1. The van der Waals surface area contributed by atoms with Gasteiger partial charge in [0.1, 0.15) is 13.2 Å². The second-order valence-electron chi connectivity index (χ2n) is 5.75. The van der Waals surface area contributed by atoms with Crippen LogP contribution in [0.3, 0.4) is 0 Å². The highest BCUT2D eigenvalue weighted by Gasteiger charge is 2.29. The van der Waals surface area contributed by atoms with Gasteiger partial charge in [0.15, 0.2) is 11.5 Å². The molecule has 1 N–H and O–H groups in total. The van der Waals surface area contributed by atoms with E-state index in [0.29, 0.717) is 41.5 Å². The van der Waals surface area contributed by atoms with Crippen LogP contribution in [-0.4, -0.2) is 19.1 Å². The zero-order valence-corrected chi connectivity index (χ0v) is 13.9. The molecule has 4 nitrogen and oxygen atoms in total. The lowest BCUT2D eigenvalue weighted by Crippen LogP contribution is -2.16. The van der Waals surface area contributed by atoms with Crippen molar-refractivity contribution in [3.05, 3.63) is 59.7 Å². The van der Waals surface area contributed by atoms with Gasteiger partial charge in [-0.05, 0) is 42.3 Å². The molecule has 0 saturated heterocycles. The molecule has 1 aliphatic rings. The third kappa shape index (κ3) is 4.17. The normalized spacial score (nSPS) is 14.1. The van der Waals surface area contributed by atoms with E-state index in [-0.39, 0.29) is 5.91 Å². The molecular weight excluding hydrogens is 347 g/mol. The summed E-state index contributed by atoms with van der Waals surface area (Å²) in [7, 11) is 0. The van der Waals surface area contributed by atoms with Crippen molar-refractivity contribution in [1.29, 1.82) is 0 Å². The van der Waals surface area contributed by atoms with Crippen LogP contribution in [0.15, 0.2) is 48.5 Å². The summed E-state index contributed by atoms with van der Waals surface area (Å²) >= 11 is 0. The molecule has 0 aliphatic carbocycles. The number of allylic oxidation sites excluding steroid dienone is 1. The Kier molecular flexibility index (Phi) is 4.88. The SMILES string of the molecule is CC(=CC(=O)Nc1ccc2c(c1)OCCO2)c1ccc(C(F)(F)F)cc1. The van der Waals surface area contributed by atoms with Crippen LogP contribution in [0.5, 0.6) is 11.5 Å². The van der Waals surface area contributed by atoms with Gasteiger partial charge in [-0.3, -0.25) is 4.79 Å². The fourth-order valence-electron chi connectivity index (χ4n) is 2.50. The number of hydrogen-bond acceptors (Lipinski definition) is 3. The summed E-state index contributed by atoms with van der Waals surface area (Å²) in [6, 6.07) is 9.71. The van der Waals surface area contributed by atoms with Gasteiger partial charge in [0.2, 0.25) is 5.91 Å². The van der Waals surface area contributed by atoms with Crippen LogP contribution in [-0.2, 0) is 11.0 Å². The lowest BCUT2D eigenvalue weighted by molar-refractivity contribution is -0.137. The van der Waals surface area contributed by atoms with Gasteiger partial charge >= 0.3 is 6.18 Å². The molecule has 0 aromatic heterocycles. The van der Waals surface area contributed by atoms with E-state index in [0.717, 1.165) is 12.1 Å². The first-order chi connectivity index (χ1) is 12.3. The molecule has 7 heteroatoms. The maximum atomic E-state index is 12.6. The zero-order valence-electron chi connectivity index (χ0n) is 13.9. The number of fused-ring (bicyclic) bond motifs is 1. The summed E-state index contributed by atoms with van der Waals surface area (Å²) in [6.07, 6.45) is -3.05. The predicted octanol–water partition coefficient (Wildman–Crippen LogP) is 4.52. The fourth-order valence-corrected chi connectivity index (χ4v) is 2.50. The van der Waals surface area contributed by atoms with Gasteiger partial charge in [-0.1, -0.05) is 12.1 Å². The Morgan fingerprint density at radius 3 is 2.35 bits per heavy atom. The molecule has 0 spiro atoms. The van der Waals surface area contributed by atoms with Crippen molar-refractivity contribution in [3.8, 4) is 11.5 Å². The average molecular weight is 363 g/mol. The van der Waals surface area contributed by atoms with Gasteiger partial charge in [0.25, 0.3) is 0 Å². The summed E-state index contributed by atoms with van der Waals surface area (Å²) in [5.74, 6) is 0.780. The Labute approximate surface area is 148 Å². The van der Waals surface area contributed by atoms with Crippen molar-refractivity contribution in [1.82, 2.24) is 0 Å². The molecule has 1 amide bonds. The third-order valence-corrected chi connectivity index (χ3v) is 3.82. The Balaban J connectivity index is 1.70. The van der Waals surface area contributed by atoms with Gasteiger partial charge in [0.05, 0.1) is 5.56 Å². The van der Waals surface area contributed by atoms with E-state index >= 15 is 0 Å². The topological polar surface area (TPSA) is 47.6 Å². The number of alkyl halides is 3. The fraction of sp³-hybridized carbons (Fsp3) is 0.211.